The number of likely N-dealkylation sites (N-methyl/N-ethyl adjacent to an activating group) is 1. The molecule has 0 spiro atoms. The van der Waals surface area contributed by atoms with Gasteiger partial charge in [0, 0.05) is 13.6 Å². The SMILES string of the molecule is C=CCN(C)C(=O)C(C)NC(=O)NC(C=O)C(C)(C)C. The highest BCUT2D eigenvalue weighted by atomic mass is 16.2. The first-order chi connectivity index (χ1) is 9.13. The Balaban J connectivity index is 4.50. The second-order valence-corrected chi connectivity index (χ2v) is 5.83. The van der Waals surface area contributed by atoms with Crippen molar-refractivity contribution in [3.63, 3.8) is 0 Å². The molecule has 2 atom stereocenters. The molecule has 20 heavy (non-hydrogen) atoms. The minimum Gasteiger partial charge on any atom is -0.340 e. The van der Waals surface area contributed by atoms with E-state index in [1.807, 2.05) is 20.8 Å². The third kappa shape index (κ3) is 5.86. The van der Waals surface area contributed by atoms with Gasteiger partial charge in [-0.3, -0.25) is 4.79 Å². The van der Waals surface area contributed by atoms with Gasteiger partial charge in [-0.15, -0.1) is 6.58 Å². The minimum absolute atomic E-state index is 0.224. The molecule has 3 amide bonds. The summed E-state index contributed by atoms with van der Waals surface area (Å²) in [6.45, 7) is 11.1. The number of hydrogen-bond donors (Lipinski definition) is 2. The molecule has 0 rings (SSSR count). The first-order valence-corrected chi connectivity index (χ1v) is 6.51. The molecule has 0 aromatic heterocycles. The molecule has 0 bridgehead atoms. The fourth-order valence-corrected chi connectivity index (χ4v) is 1.51. The summed E-state index contributed by atoms with van der Waals surface area (Å²) in [5.41, 5.74) is -0.383. The highest BCUT2D eigenvalue weighted by molar-refractivity contribution is 5.87. The van der Waals surface area contributed by atoms with E-state index in [-0.39, 0.29) is 11.3 Å². The van der Waals surface area contributed by atoms with Gasteiger partial charge in [0.05, 0.1) is 6.04 Å². The Morgan fingerprint density at radius 2 is 1.85 bits per heavy atom. The van der Waals surface area contributed by atoms with Crippen LogP contribution in [-0.4, -0.2) is 48.8 Å². The summed E-state index contributed by atoms with van der Waals surface area (Å²) < 4.78 is 0. The zero-order chi connectivity index (χ0) is 15.9. The highest BCUT2D eigenvalue weighted by Gasteiger charge is 2.27. The molecule has 114 valence electrons. The van der Waals surface area contributed by atoms with Gasteiger partial charge in [0.15, 0.2) is 0 Å². The first kappa shape index (κ1) is 18.1. The predicted octanol–water partition coefficient (Wildman–Crippen LogP) is 0.932. The number of carbonyl (C=O) groups is 3. The molecule has 0 saturated heterocycles. The molecule has 0 aromatic carbocycles. The Hall–Kier alpha value is -1.85. The van der Waals surface area contributed by atoms with E-state index in [4.69, 9.17) is 0 Å². The molecule has 0 aliphatic rings. The number of rotatable bonds is 6. The number of nitrogens with zero attached hydrogens (tertiary/aromatic N) is 1. The molecule has 2 N–H and O–H groups in total. The normalized spacial score (nSPS) is 13.8. The lowest BCUT2D eigenvalue weighted by molar-refractivity contribution is -0.130. The fourth-order valence-electron chi connectivity index (χ4n) is 1.51. The van der Waals surface area contributed by atoms with Gasteiger partial charge in [0.25, 0.3) is 0 Å². The van der Waals surface area contributed by atoms with Crippen LogP contribution in [0.15, 0.2) is 12.7 Å². The summed E-state index contributed by atoms with van der Waals surface area (Å²) in [6.07, 6.45) is 2.29. The molecule has 0 aromatic rings. The van der Waals surface area contributed by atoms with Crippen molar-refractivity contribution in [2.24, 2.45) is 5.41 Å². The third-order valence-electron chi connectivity index (χ3n) is 2.85. The van der Waals surface area contributed by atoms with E-state index in [1.54, 1.807) is 20.0 Å². The Morgan fingerprint density at radius 1 is 1.30 bits per heavy atom. The number of amides is 3. The van der Waals surface area contributed by atoms with Crippen molar-refractivity contribution in [3.8, 4) is 0 Å². The van der Waals surface area contributed by atoms with Crippen LogP contribution in [0.4, 0.5) is 4.79 Å². The molecule has 0 aliphatic carbocycles. The number of hydrogen-bond acceptors (Lipinski definition) is 3. The summed E-state index contributed by atoms with van der Waals surface area (Å²) in [4.78, 5) is 36.1. The van der Waals surface area contributed by atoms with Crippen molar-refractivity contribution in [2.45, 2.75) is 39.8 Å². The van der Waals surface area contributed by atoms with Crippen LogP contribution < -0.4 is 10.6 Å². The van der Waals surface area contributed by atoms with E-state index in [9.17, 15) is 14.4 Å². The Morgan fingerprint density at radius 3 is 2.25 bits per heavy atom. The number of carbonyl (C=O) groups excluding carboxylic acids is 3. The van der Waals surface area contributed by atoms with Crippen LogP contribution in [0.3, 0.4) is 0 Å². The van der Waals surface area contributed by atoms with Crippen molar-refractivity contribution in [2.75, 3.05) is 13.6 Å². The van der Waals surface area contributed by atoms with Crippen LogP contribution in [-0.2, 0) is 9.59 Å². The topological polar surface area (TPSA) is 78.5 Å². The Labute approximate surface area is 120 Å². The van der Waals surface area contributed by atoms with Crippen LogP contribution in [0, 0.1) is 5.41 Å². The van der Waals surface area contributed by atoms with Crippen LogP contribution in [0.2, 0.25) is 0 Å². The van der Waals surface area contributed by atoms with Gasteiger partial charge in [0.1, 0.15) is 12.3 Å². The van der Waals surface area contributed by atoms with Gasteiger partial charge in [0.2, 0.25) is 5.91 Å². The maximum absolute atomic E-state index is 11.9. The zero-order valence-electron chi connectivity index (χ0n) is 12.9. The van der Waals surface area contributed by atoms with Crippen LogP contribution in [0.5, 0.6) is 0 Å². The van der Waals surface area contributed by atoms with E-state index >= 15 is 0 Å². The second kappa shape index (κ2) is 7.67. The molecule has 6 heteroatoms. The third-order valence-corrected chi connectivity index (χ3v) is 2.85. The first-order valence-electron chi connectivity index (χ1n) is 6.51. The Kier molecular flexibility index (Phi) is 6.96. The summed E-state index contributed by atoms with van der Waals surface area (Å²) in [6, 6.07) is -1.83. The van der Waals surface area contributed by atoms with Crippen LogP contribution in [0.1, 0.15) is 27.7 Å². The smallest absolute Gasteiger partial charge is 0.316 e. The van der Waals surface area contributed by atoms with Gasteiger partial charge in [-0.25, -0.2) is 4.79 Å². The number of aldehydes is 1. The number of urea groups is 1. The lowest BCUT2D eigenvalue weighted by Gasteiger charge is -2.28. The molecule has 0 fully saturated rings. The van der Waals surface area contributed by atoms with Crippen molar-refractivity contribution in [1.82, 2.24) is 15.5 Å². The summed E-state index contributed by atoms with van der Waals surface area (Å²) in [7, 11) is 1.63. The van der Waals surface area contributed by atoms with Crippen molar-refractivity contribution < 1.29 is 14.4 Å². The highest BCUT2D eigenvalue weighted by Crippen LogP contribution is 2.17. The molecular weight excluding hydrogens is 258 g/mol. The maximum atomic E-state index is 11.9. The fraction of sp³-hybridized carbons (Fsp3) is 0.643. The lowest BCUT2D eigenvalue weighted by atomic mass is 9.88. The standard InChI is InChI=1S/C14H25N3O3/c1-7-8-17(6)12(19)10(2)15-13(20)16-11(9-18)14(3,4)5/h7,9-11H,1,8H2,2-6H3,(H2,15,16,20). The summed E-state index contributed by atoms with van der Waals surface area (Å²) >= 11 is 0. The number of nitrogens with one attached hydrogen (secondary N) is 2. The minimum atomic E-state index is -0.674. The van der Waals surface area contributed by atoms with Gasteiger partial charge in [-0.1, -0.05) is 26.8 Å². The maximum Gasteiger partial charge on any atom is 0.316 e. The van der Waals surface area contributed by atoms with Crippen LogP contribution in [0.25, 0.3) is 0 Å². The molecule has 0 heterocycles. The van der Waals surface area contributed by atoms with Gasteiger partial charge >= 0.3 is 6.03 Å². The van der Waals surface area contributed by atoms with E-state index in [0.717, 1.165) is 0 Å². The molecule has 0 radical (unpaired) electrons. The van der Waals surface area contributed by atoms with Gasteiger partial charge in [-0.2, -0.15) is 0 Å². The lowest BCUT2D eigenvalue weighted by Crippen LogP contribution is -2.53. The molecule has 0 saturated carbocycles. The van der Waals surface area contributed by atoms with E-state index in [1.165, 1.54) is 4.90 Å². The van der Waals surface area contributed by atoms with Crippen molar-refractivity contribution >= 4 is 18.2 Å². The largest absolute Gasteiger partial charge is 0.340 e. The van der Waals surface area contributed by atoms with E-state index in [0.29, 0.717) is 12.8 Å². The quantitative estimate of drug-likeness (QED) is 0.562. The average molecular weight is 283 g/mol. The Bertz CT molecular complexity index is 374. The molecule has 0 aliphatic heterocycles. The zero-order valence-corrected chi connectivity index (χ0v) is 12.9. The average Bonchev–Trinajstić information content (AvgIpc) is 2.33. The summed E-state index contributed by atoms with van der Waals surface area (Å²) in [5.74, 6) is -0.224. The van der Waals surface area contributed by atoms with E-state index in [2.05, 4.69) is 17.2 Å². The monoisotopic (exact) mass is 283 g/mol. The van der Waals surface area contributed by atoms with Gasteiger partial charge < -0.3 is 20.3 Å². The summed E-state index contributed by atoms with van der Waals surface area (Å²) in [5, 5.41) is 5.08. The molecule has 2 unspecified atom stereocenters. The van der Waals surface area contributed by atoms with E-state index < -0.39 is 18.1 Å². The van der Waals surface area contributed by atoms with Crippen molar-refractivity contribution in [1.29, 1.82) is 0 Å². The molecular formula is C14H25N3O3. The van der Waals surface area contributed by atoms with Crippen molar-refractivity contribution in [3.05, 3.63) is 12.7 Å². The second-order valence-electron chi connectivity index (χ2n) is 5.83. The predicted molar refractivity (Wildman–Crippen MR) is 78.3 cm³/mol. The van der Waals surface area contributed by atoms with Gasteiger partial charge in [-0.05, 0) is 12.3 Å². The molecule has 6 nitrogen and oxygen atoms in total. The van der Waals surface area contributed by atoms with Crippen LogP contribution >= 0.6 is 0 Å².